The van der Waals surface area contributed by atoms with Crippen molar-refractivity contribution in [3.63, 3.8) is 0 Å². The first-order chi connectivity index (χ1) is 14.4. The zero-order valence-electron chi connectivity index (χ0n) is 15.5. The molecule has 166 valence electrons. The van der Waals surface area contributed by atoms with Gasteiger partial charge in [-0.1, -0.05) is 48.5 Å². The number of carbonyl (C=O) groups excluding carboxylic acids is 1. The van der Waals surface area contributed by atoms with Crippen molar-refractivity contribution in [3.8, 4) is 0 Å². The third-order valence-corrected chi connectivity index (χ3v) is 6.60. The number of rotatable bonds is 4. The molecule has 3 aliphatic rings. The molecule has 0 fully saturated rings. The molecule has 0 heterocycles. The van der Waals surface area contributed by atoms with Gasteiger partial charge in [0.05, 0.1) is 5.92 Å². The fraction of sp³-hybridized carbons (Fsp3) is 0.350. The molecule has 2 aromatic rings. The zero-order chi connectivity index (χ0) is 22.8. The number of benzene rings is 2. The summed E-state index contributed by atoms with van der Waals surface area (Å²) in [5, 5.41) is 0. The highest BCUT2D eigenvalue weighted by atomic mass is 32.2. The van der Waals surface area contributed by atoms with E-state index in [2.05, 4.69) is 4.74 Å². The van der Waals surface area contributed by atoms with E-state index >= 15 is 0 Å². The molecule has 0 radical (unpaired) electrons. The second-order valence-corrected chi connectivity index (χ2v) is 8.90. The van der Waals surface area contributed by atoms with Crippen LogP contribution in [0.15, 0.2) is 48.5 Å². The summed E-state index contributed by atoms with van der Waals surface area (Å²) >= 11 is 0. The topological polar surface area (TPSA) is 83.5 Å². The van der Waals surface area contributed by atoms with Gasteiger partial charge in [-0.3, -0.25) is 4.79 Å². The minimum Gasteiger partial charge on any atom is -0.745 e. The highest BCUT2D eigenvalue weighted by molar-refractivity contribution is 7.86. The molecule has 0 N–H and O–H groups in total. The molecule has 2 aromatic carbocycles. The average molecular weight is 461 g/mol. The number of halogens is 5. The van der Waals surface area contributed by atoms with Crippen LogP contribution in [0.3, 0.4) is 0 Å². The third kappa shape index (κ3) is 3.30. The number of fused-ring (bicyclic) bond motifs is 1. The lowest BCUT2D eigenvalue weighted by molar-refractivity contribution is -0.332. The molecule has 0 saturated heterocycles. The molecule has 31 heavy (non-hydrogen) atoms. The van der Waals surface area contributed by atoms with Gasteiger partial charge in [0.15, 0.2) is 0 Å². The molecule has 5 rings (SSSR count). The Balaban J connectivity index is 1.75. The lowest BCUT2D eigenvalue weighted by Gasteiger charge is -2.45. The van der Waals surface area contributed by atoms with Crippen LogP contribution in [0, 0.1) is 5.92 Å². The molecule has 0 aromatic heterocycles. The van der Waals surface area contributed by atoms with Crippen molar-refractivity contribution in [3.05, 3.63) is 70.8 Å². The van der Waals surface area contributed by atoms with Crippen molar-refractivity contribution < 1.29 is 44.5 Å². The first-order valence-corrected chi connectivity index (χ1v) is 10.6. The van der Waals surface area contributed by atoms with Crippen molar-refractivity contribution in [1.82, 2.24) is 0 Å². The number of hydrogen-bond acceptors (Lipinski definition) is 5. The van der Waals surface area contributed by atoms with Crippen molar-refractivity contribution in [2.24, 2.45) is 5.92 Å². The van der Waals surface area contributed by atoms with E-state index in [1.165, 1.54) is 0 Å². The van der Waals surface area contributed by atoms with Gasteiger partial charge in [0.2, 0.25) is 0 Å². The first-order valence-electron chi connectivity index (χ1n) is 9.11. The van der Waals surface area contributed by atoms with Gasteiger partial charge in [0.1, 0.15) is 10.1 Å². The zero-order valence-corrected chi connectivity index (χ0v) is 16.3. The van der Waals surface area contributed by atoms with Crippen LogP contribution >= 0.6 is 0 Å². The third-order valence-electron chi connectivity index (χ3n) is 5.79. The highest BCUT2D eigenvalue weighted by Crippen LogP contribution is 2.56. The molecule has 0 spiro atoms. The molecule has 0 saturated carbocycles. The van der Waals surface area contributed by atoms with Gasteiger partial charge < -0.3 is 9.29 Å². The van der Waals surface area contributed by atoms with Crippen molar-refractivity contribution in [2.45, 2.75) is 35.8 Å². The van der Waals surface area contributed by atoms with Gasteiger partial charge in [0, 0.05) is 11.8 Å². The Morgan fingerprint density at radius 1 is 0.968 bits per heavy atom. The Bertz CT molecular complexity index is 1100. The van der Waals surface area contributed by atoms with Crippen molar-refractivity contribution in [1.29, 1.82) is 0 Å². The molecule has 3 unspecified atom stereocenters. The van der Waals surface area contributed by atoms with Gasteiger partial charge in [-0.25, -0.2) is 12.8 Å². The van der Waals surface area contributed by atoms with Crippen molar-refractivity contribution >= 4 is 16.1 Å². The smallest absolute Gasteiger partial charge is 0.464 e. The maximum Gasteiger partial charge on any atom is 0.464 e. The lowest BCUT2D eigenvalue weighted by atomic mass is 9.59. The van der Waals surface area contributed by atoms with Crippen LogP contribution in [0.25, 0.3) is 0 Å². The number of esters is 1. The van der Waals surface area contributed by atoms with E-state index in [9.17, 15) is 39.7 Å². The van der Waals surface area contributed by atoms with E-state index in [0.717, 1.165) is 11.1 Å². The van der Waals surface area contributed by atoms with E-state index < -0.39 is 51.4 Å². The van der Waals surface area contributed by atoms with Gasteiger partial charge in [-0.2, -0.15) is 17.6 Å². The Hall–Kier alpha value is -2.53. The largest absolute Gasteiger partial charge is 0.745 e. The molecule has 11 heteroatoms. The SMILES string of the molecule is O=C(OC(F)(C(F)S(=O)(=O)[O-])C(F)(F)F)C1CC2c3ccccc3C1c1ccccc12. The molecular formula is C20H14F5O5S-. The van der Waals surface area contributed by atoms with Gasteiger partial charge >= 0.3 is 18.0 Å². The normalized spacial score (nSPS) is 25.2. The minimum absolute atomic E-state index is 0.0491. The standard InChI is InChI=1S/C20H15F5O5S/c21-18(31(27,28)29)19(22,20(23,24)25)30-17(26)15-9-14-10-5-1-3-7-12(10)16(15)13-8-4-2-6-11(13)14/h1-8,14-16,18H,9H2,(H,27,28,29)/p-1. The molecule has 3 atom stereocenters. The summed E-state index contributed by atoms with van der Waals surface area (Å²) in [5.74, 6) is -9.94. The molecule has 3 aliphatic carbocycles. The van der Waals surface area contributed by atoms with E-state index in [1.54, 1.807) is 48.5 Å². The predicted molar refractivity (Wildman–Crippen MR) is 95.3 cm³/mol. The van der Waals surface area contributed by atoms with Crippen LogP contribution in [0.5, 0.6) is 0 Å². The Morgan fingerprint density at radius 2 is 1.42 bits per heavy atom. The highest BCUT2D eigenvalue weighted by Gasteiger charge is 2.68. The van der Waals surface area contributed by atoms with E-state index in [0.29, 0.717) is 11.1 Å². The quantitative estimate of drug-likeness (QED) is 0.392. The molecule has 2 bridgehead atoms. The number of alkyl halides is 5. The summed E-state index contributed by atoms with van der Waals surface area (Å²) in [4.78, 5) is 12.7. The monoisotopic (exact) mass is 461 g/mol. The molecule has 0 aliphatic heterocycles. The Labute approximate surface area is 173 Å². The van der Waals surface area contributed by atoms with Crippen molar-refractivity contribution in [2.75, 3.05) is 0 Å². The van der Waals surface area contributed by atoms with Crippen LogP contribution < -0.4 is 0 Å². The maximum atomic E-state index is 14.5. The Kier molecular flexibility index (Phi) is 4.89. The average Bonchev–Trinajstić information content (AvgIpc) is 2.71. The fourth-order valence-corrected chi connectivity index (χ4v) is 5.06. The summed E-state index contributed by atoms with van der Waals surface area (Å²) in [7, 11) is -6.42. The van der Waals surface area contributed by atoms with Crippen LogP contribution in [-0.2, 0) is 19.6 Å². The summed E-state index contributed by atoms with van der Waals surface area (Å²) < 4.78 is 104. The fourth-order valence-electron chi connectivity index (χ4n) is 4.51. The number of hydrogen-bond donors (Lipinski definition) is 0. The minimum atomic E-state index is -6.42. The maximum absolute atomic E-state index is 14.5. The van der Waals surface area contributed by atoms with E-state index in [4.69, 9.17) is 0 Å². The summed E-state index contributed by atoms with van der Waals surface area (Å²) in [6.45, 7) is 0. The van der Waals surface area contributed by atoms with Crippen LogP contribution in [0.2, 0.25) is 0 Å². The van der Waals surface area contributed by atoms with Gasteiger partial charge in [-0.15, -0.1) is 0 Å². The van der Waals surface area contributed by atoms with Gasteiger partial charge in [-0.05, 0) is 28.7 Å². The Morgan fingerprint density at radius 3 is 1.84 bits per heavy atom. The number of carbonyl (C=O) groups is 1. The van der Waals surface area contributed by atoms with E-state index in [-0.39, 0.29) is 6.42 Å². The van der Waals surface area contributed by atoms with E-state index in [1.807, 2.05) is 0 Å². The summed E-state index contributed by atoms with van der Waals surface area (Å²) in [5.41, 5.74) is -1.70. The van der Waals surface area contributed by atoms with Crippen LogP contribution in [0.4, 0.5) is 22.0 Å². The first kappa shape index (κ1) is 21.7. The summed E-state index contributed by atoms with van der Waals surface area (Å²) in [6.07, 6.45) is -6.34. The molecular weight excluding hydrogens is 447 g/mol. The lowest BCUT2D eigenvalue weighted by Crippen LogP contribution is -2.56. The van der Waals surface area contributed by atoms with Gasteiger partial charge in [0.25, 0.3) is 5.50 Å². The van der Waals surface area contributed by atoms with Crippen LogP contribution in [-0.4, -0.2) is 36.5 Å². The van der Waals surface area contributed by atoms with Crippen LogP contribution in [0.1, 0.15) is 40.5 Å². The second kappa shape index (κ2) is 6.99. The number of ether oxygens (including phenoxy) is 1. The summed E-state index contributed by atoms with van der Waals surface area (Å²) in [6, 6.07) is 13.8. The molecule has 5 nitrogen and oxygen atoms in total. The predicted octanol–water partition coefficient (Wildman–Crippen LogP) is 3.90. The molecule has 0 amide bonds. The second-order valence-electron chi connectivity index (χ2n) is 7.50.